The average molecular weight is 235 g/mol. The van der Waals surface area contributed by atoms with Crippen LogP contribution in [0.3, 0.4) is 0 Å². The smallest absolute Gasteiger partial charge is 0.123 e. The fraction of sp³-hybridized carbons (Fsp3) is 0.571. The molecule has 0 aliphatic carbocycles. The highest BCUT2D eigenvalue weighted by Crippen LogP contribution is 2.31. The molecule has 0 amide bonds. The van der Waals surface area contributed by atoms with Gasteiger partial charge in [-0.2, -0.15) is 0 Å². The van der Waals surface area contributed by atoms with Gasteiger partial charge in [0.2, 0.25) is 0 Å². The zero-order valence-electron chi connectivity index (χ0n) is 9.86. The van der Waals surface area contributed by atoms with Crippen LogP contribution in [-0.2, 0) is 0 Å². The highest BCUT2D eigenvalue weighted by Gasteiger charge is 2.35. The third-order valence-electron chi connectivity index (χ3n) is 4.01. The Bertz CT molecular complexity index is 378. The van der Waals surface area contributed by atoms with Crippen molar-refractivity contribution in [3.8, 4) is 5.75 Å². The van der Waals surface area contributed by atoms with Gasteiger partial charge in [-0.3, -0.25) is 0 Å². The minimum Gasteiger partial charge on any atom is -0.493 e. The number of benzene rings is 1. The molecule has 3 heteroatoms. The Hall–Kier alpha value is -1.09. The predicted molar refractivity (Wildman–Crippen MR) is 64.6 cm³/mol. The quantitative estimate of drug-likeness (QED) is 0.869. The maximum absolute atomic E-state index is 12.7. The largest absolute Gasteiger partial charge is 0.493 e. The summed E-state index contributed by atoms with van der Waals surface area (Å²) in [5.74, 6) is 1.17. The molecule has 2 heterocycles. The molecule has 1 aromatic carbocycles. The van der Waals surface area contributed by atoms with Crippen LogP contribution in [0.5, 0.6) is 5.75 Å². The van der Waals surface area contributed by atoms with E-state index in [0.29, 0.717) is 12.0 Å². The second kappa shape index (κ2) is 4.65. The van der Waals surface area contributed by atoms with E-state index in [4.69, 9.17) is 4.74 Å². The lowest BCUT2D eigenvalue weighted by molar-refractivity contribution is 0.182. The molecule has 92 valence electrons. The SMILES string of the molecule is Fc1ccc(OCC2CC[C@@H]3CCC2N3)cc1. The van der Waals surface area contributed by atoms with Crippen molar-refractivity contribution in [2.45, 2.75) is 37.8 Å². The Kier molecular flexibility index (Phi) is 3.02. The van der Waals surface area contributed by atoms with Gasteiger partial charge in [0.15, 0.2) is 0 Å². The molecule has 2 fully saturated rings. The molecule has 0 aromatic heterocycles. The van der Waals surface area contributed by atoms with Gasteiger partial charge in [-0.15, -0.1) is 0 Å². The maximum atomic E-state index is 12.7. The number of piperidine rings is 1. The van der Waals surface area contributed by atoms with Crippen molar-refractivity contribution in [2.24, 2.45) is 5.92 Å². The van der Waals surface area contributed by atoms with Crippen molar-refractivity contribution in [3.05, 3.63) is 30.1 Å². The molecule has 3 rings (SSSR count). The van der Waals surface area contributed by atoms with Gasteiger partial charge in [0.05, 0.1) is 6.61 Å². The number of fused-ring (bicyclic) bond motifs is 2. The average Bonchev–Trinajstić information content (AvgIpc) is 2.73. The molecule has 1 aromatic rings. The number of ether oxygens (including phenoxy) is 1. The van der Waals surface area contributed by atoms with Crippen LogP contribution in [-0.4, -0.2) is 18.7 Å². The van der Waals surface area contributed by atoms with Crippen molar-refractivity contribution in [2.75, 3.05) is 6.61 Å². The van der Waals surface area contributed by atoms with Crippen molar-refractivity contribution < 1.29 is 9.13 Å². The Morgan fingerprint density at radius 2 is 1.88 bits per heavy atom. The summed E-state index contributed by atoms with van der Waals surface area (Å²) >= 11 is 0. The summed E-state index contributed by atoms with van der Waals surface area (Å²) < 4.78 is 18.5. The first-order valence-electron chi connectivity index (χ1n) is 6.46. The first-order valence-corrected chi connectivity index (χ1v) is 6.46. The highest BCUT2D eigenvalue weighted by atomic mass is 19.1. The molecule has 2 aliphatic heterocycles. The number of nitrogens with one attached hydrogen (secondary N) is 1. The summed E-state index contributed by atoms with van der Waals surface area (Å²) in [6.07, 6.45) is 5.12. The summed E-state index contributed by atoms with van der Waals surface area (Å²) in [6.45, 7) is 0.746. The van der Waals surface area contributed by atoms with E-state index in [9.17, 15) is 4.39 Å². The van der Waals surface area contributed by atoms with E-state index in [-0.39, 0.29) is 5.82 Å². The zero-order valence-corrected chi connectivity index (χ0v) is 9.86. The summed E-state index contributed by atoms with van der Waals surface area (Å²) in [4.78, 5) is 0. The van der Waals surface area contributed by atoms with Gasteiger partial charge in [0.1, 0.15) is 11.6 Å². The molecule has 0 radical (unpaired) electrons. The number of rotatable bonds is 3. The van der Waals surface area contributed by atoms with Gasteiger partial charge in [-0.25, -0.2) is 4.39 Å². The van der Waals surface area contributed by atoms with Crippen LogP contribution in [0.4, 0.5) is 4.39 Å². The van der Waals surface area contributed by atoms with E-state index in [0.717, 1.165) is 18.4 Å². The second-order valence-electron chi connectivity index (χ2n) is 5.15. The molecule has 2 nitrogen and oxygen atoms in total. The monoisotopic (exact) mass is 235 g/mol. The van der Waals surface area contributed by atoms with Crippen LogP contribution in [0.1, 0.15) is 25.7 Å². The minimum absolute atomic E-state index is 0.213. The second-order valence-corrected chi connectivity index (χ2v) is 5.15. The van der Waals surface area contributed by atoms with Gasteiger partial charge >= 0.3 is 0 Å². The van der Waals surface area contributed by atoms with Crippen molar-refractivity contribution in [1.29, 1.82) is 0 Å². The predicted octanol–water partition coefficient (Wildman–Crippen LogP) is 2.74. The van der Waals surface area contributed by atoms with E-state index < -0.39 is 0 Å². The topological polar surface area (TPSA) is 21.3 Å². The molecule has 0 spiro atoms. The first kappa shape index (κ1) is 11.0. The van der Waals surface area contributed by atoms with E-state index in [1.54, 1.807) is 12.1 Å². The lowest BCUT2D eigenvalue weighted by Crippen LogP contribution is -2.42. The van der Waals surface area contributed by atoms with Crippen LogP contribution in [0.2, 0.25) is 0 Å². The fourth-order valence-electron chi connectivity index (χ4n) is 3.00. The van der Waals surface area contributed by atoms with Crippen molar-refractivity contribution in [1.82, 2.24) is 5.32 Å². The van der Waals surface area contributed by atoms with E-state index in [1.807, 2.05) is 0 Å². The summed E-state index contributed by atoms with van der Waals surface area (Å²) in [5, 5.41) is 3.65. The summed E-state index contributed by atoms with van der Waals surface area (Å²) in [5.41, 5.74) is 0. The van der Waals surface area contributed by atoms with Gasteiger partial charge in [-0.1, -0.05) is 0 Å². The number of hydrogen-bond acceptors (Lipinski definition) is 2. The van der Waals surface area contributed by atoms with Gasteiger partial charge in [0, 0.05) is 18.0 Å². The molecule has 3 atom stereocenters. The molecular weight excluding hydrogens is 217 g/mol. The minimum atomic E-state index is -0.213. The van der Waals surface area contributed by atoms with Gasteiger partial charge < -0.3 is 10.1 Å². The van der Waals surface area contributed by atoms with Crippen LogP contribution in [0.15, 0.2) is 24.3 Å². The molecule has 2 aliphatic rings. The standard InChI is InChI=1S/C14H18FNO/c15-11-2-6-13(7-3-11)17-9-10-1-4-12-5-8-14(10)16-12/h2-3,6-7,10,12,14,16H,1,4-5,8-9H2/t10?,12-,14?/m1/s1. The molecule has 2 saturated heterocycles. The molecule has 1 N–H and O–H groups in total. The molecule has 0 saturated carbocycles. The van der Waals surface area contributed by atoms with Crippen LogP contribution in [0.25, 0.3) is 0 Å². The summed E-state index contributed by atoms with van der Waals surface area (Å²) in [6, 6.07) is 7.67. The lowest BCUT2D eigenvalue weighted by Gasteiger charge is -2.30. The first-order chi connectivity index (χ1) is 8.31. The lowest BCUT2D eigenvalue weighted by atomic mass is 9.93. The van der Waals surface area contributed by atoms with Gasteiger partial charge in [0.25, 0.3) is 0 Å². The third-order valence-corrected chi connectivity index (χ3v) is 4.01. The number of hydrogen-bond donors (Lipinski definition) is 1. The van der Waals surface area contributed by atoms with Crippen molar-refractivity contribution >= 4 is 0 Å². The molecule has 17 heavy (non-hydrogen) atoms. The molecular formula is C14H18FNO. The van der Waals surface area contributed by atoms with E-state index >= 15 is 0 Å². The fourth-order valence-corrected chi connectivity index (χ4v) is 3.00. The maximum Gasteiger partial charge on any atom is 0.123 e. The summed E-state index contributed by atoms with van der Waals surface area (Å²) in [7, 11) is 0. The Morgan fingerprint density at radius 3 is 2.71 bits per heavy atom. The Balaban J connectivity index is 1.55. The Labute approximate surface area is 101 Å². The Morgan fingerprint density at radius 1 is 1.12 bits per heavy atom. The van der Waals surface area contributed by atoms with Crippen LogP contribution < -0.4 is 10.1 Å². The van der Waals surface area contributed by atoms with E-state index in [1.165, 1.54) is 37.8 Å². The van der Waals surface area contributed by atoms with Gasteiger partial charge in [-0.05, 0) is 49.9 Å². The highest BCUT2D eigenvalue weighted by molar-refractivity contribution is 5.22. The molecule has 2 bridgehead atoms. The third kappa shape index (κ3) is 2.44. The zero-order chi connectivity index (χ0) is 11.7. The molecule has 2 unspecified atom stereocenters. The van der Waals surface area contributed by atoms with Crippen LogP contribution in [0, 0.1) is 11.7 Å². The number of halogens is 1. The normalized spacial score (nSPS) is 31.5. The van der Waals surface area contributed by atoms with E-state index in [2.05, 4.69) is 5.32 Å². The van der Waals surface area contributed by atoms with Crippen LogP contribution >= 0.6 is 0 Å². The van der Waals surface area contributed by atoms with Crippen molar-refractivity contribution in [3.63, 3.8) is 0 Å².